The van der Waals surface area contributed by atoms with Gasteiger partial charge in [-0.05, 0) is 43.3 Å². The monoisotopic (exact) mass is 424 g/mol. The number of ether oxygens (including phenoxy) is 2. The number of carbonyl (C=O) groups is 1. The number of amides is 1. The third kappa shape index (κ3) is 4.52. The van der Waals surface area contributed by atoms with E-state index >= 15 is 0 Å². The molecule has 1 aromatic heterocycles. The van der Waals surface area contributed by atoms with Crippen LogP contribution in [0.5, 0.6) is 5.75 Å². The van der Waals surface area contributed by atoms with Crippen molar-refractivity contribution in [2.24, 2.45) is 4.99 Å². The minimum absolute atomic E-state index is 0.277. The average Bonchev–Trinajstić information content (AvgIpc) is 2.96. The minimum atomic E-state index is -0.417. The van der Waals surface area contributed by atoms with Crippen molar-refractivity contribution in [3.8, 4) is 5.75 Å². The Morgan fingerprint density at radius 3 is 2.74 bits per heavy atom. The normalized spacial score (nSPS) is 11.9. The van der Waals surface area contributed by atoms with E-state index in [1.807, 2.05) is 29.7 Å². The summed E-state index contributed by atoms with van der Waals surface area (Å²) in [4.78, 5) is 17.5. The molecular weight excluding hydrogens is 407 g/mol. The molecule has 0 saturated carbocycles. The highest BCUT2D eigenvalue weighted by Gasteiger charge is 2.13. The van der Waals surface area contributed by atoms with Gasteiger partial charge in [0.2, 0.25) is 0 Å². The average molecular weight is 425 g/mol. The Bertz CT molecular complexity index is 1040. The van der Waals surface area contributed by atoms with Crippen LogP contribution in [0.25, 0.3) is 10.2 Å². The smallest absolute Gasteiger partial charge is 0.281 e. The van der Waals surface area contributed by atoms with Crippen LogP contribution < -0.4 is 9.54 Å². The van der Waals surface area contributed by atoms with Gasteiger partial charge in [-0.3, -0.25) is 4.79 Å². The zero-order chi connectivity index (χ0) is 19.4. The van der Waals surface area contributed by atoms with Crippen molar-refractivity contribution in [1.29, 1.82) is 0 Å². The van der Waals surface area contributed by atoms with Gasteiger partial charge in [0.25, 0.3) is 5.91 Å². The number of methoxy groups -OCH3 is 1. The number of nitrogens with zero attached hydrogens (tertiary/aromatic N) is 2. The quantitative estimate of drug-likeness (QED) is 0.570. The molecule has 5 nitrogen and oxygen atoms in total. The third-order valence-electron chi connectivity index (χ3n) is 3.84. The zero-order valence-electron chi connectivity index (χ0n) is 14.9. The summed E-state index contributed by atoms with van der Waals surface area (Å²) < 4.78 is 13.7. The van der Waals surface area contributed by atoms with Crippen LogP contribution in [0.1, 0.15) is 17.3 Å². The highest BCUT2D eigenvalue weighted by Crippen LogP contribution is 2.24. The van der Waals surface area contributed by atoms with Crippen molar-refractivity contribution in [3.05, 3.63) is 56.8 Å². The molecule has 3 rings (SSSR count). The molecule has 3 aromatic rings. The van der Waals surface area contributed by atoms with Gasteiger partial charge in [0.15, 0.2) is 4.80 Å². The summed E-state index contributed by atoms with van der Waals surface area (Å²) in [5, 5.41) is 0.747. The molecule has 0 fully saturated rings. The van der Waals surface area contributed by atoms with Gasteiger partial charge < -0.3 is 14.0 Å². The molecule has 0 aliphatic carbocycles. The summed E-state index contributed by atoms with van der Waals surface area (Å²) in [5.74, 6) is 0.364. The van der Waals surface area contributed by atoms with Crippen LogP contribution in [0.15, 0.2) is 41.4 Å². The number of carbonyl (C=O) groups excluding carboxylic acids is 1. The Labute approximate surface area is 170 Å². The molecule has 0 radical (unpaired) electrons. The van der Waals surface area contributed by atoms with E-state index in [4.69, 9.17) is 32.7 Å². The number of thiazole rings is 1. The molecule has 142 valence electrons. The topological polar surface area (TPSA) is 52.8 Å². The number of halogens is 2. The molecule has 1 heterocycles. The first kappa shape index (κ1) is 19.9. The van der Waals surface area contributed by atoms with E-state index in [2.05, 4.69) is 4.99 Å². The summed E-state index contributed by atoms with van der Waals surface area (Å²) in [6.45, 7) is 3.60. The van der Waals surface area contributed by atoms with E-state index in [1.165, 1.54) is 17.4 Å². The first-order valence-corrected chi connectivity index (χ1v) is 9.90. The summed E-state index contributed by atoms with van der Waals surface area (Å²) in [7, 11) is 1.64. The van der Waals surface area contributed by atoms with Crippen molar-refractivity contribution in [2.45, 2.75) is 13.5 Å². The predicted molar refractivity (Wildman–Crippen MR) is 109 cm³/mol. The molecule has 1 amide bonds. The van der Waals surface area contributed by atoms with Crippen molar-refractivity contribution >= 4 is 50.7 Å². The third-order valence-corrected chi connectivity index (χ3v) is 5.43. The fourth-order valence-corrected chi connectivity index (χ4v) is 4.18. The Hall–Kier alpha value is -1.86. The lowest BCUT2D eigenvalue weighted by molar-refractivity contribution is 0.0997. The first-order chi connectivity index (χ1) is 13.0. The molecule has 0 spiro atoms. The summed E-state index contributed by atoms with van der Waals surface area (Å²) in [6.07, 6.45) is 0. The highest BCUT2D eigenvalue weighted by atomic mass is 35.5. The molecule has 0 unspecified atom stereocenters. The maximum Gasteiger partial charge on any atom is 0.281 e. The summed E-state index contributed by atoms with van der Waals surface area (Å²) in [6, 6.07) is 10.6. The number of hydrogen-bond acceptors (Lipinski definition) is 4. The lowest BCUT2D eigenvalue weighted by Gasteiger charge is -2.06. The molecule has 0 bridgehead atoms. The molecule has 27 heavy (non-hydrogen) atoms. The lowest BCUT2D eigenvalue weighted by Crippen LogP contribution is -2.19. The second-order valence-electron chi connectivity index (χ2n) is 5.63. The zero-order valence-corrected chi connectivity index (χ0v) is 17.2. The predicted octanol–water partition coefficient (Wildman–Crippen LogP) is 4.80. The second kappa shape index (κ2) is 8.89. The van der Waals surface area contributed by atoms with Gasteiger partial charge in [-0.2, -0.15) is 4.99 Å². The maximum absolute atomic E-state index is 12.7. The fourth-order valence-electron chi connectivity index (χ4n) is 2.60. The van der Waals surface area contributed by atoms with Gasteiger partial charge >= 0.3 is 0 Å². The summed E-state index contributed by atoms with van der Waals surface area (Å²) in [5.41, 5.74) is 1.28. The minimum Gasteiger partial charge on any atom is -0.494 e. The number of aromatic nitrogens is 1. The molecule has 0 N–H and O–H groups in total. The Balaban J connectivity index is 2.10. The molecule has 0 saturated heterocycles. The number of hydrogen-bond donors (Lipinski definition) is 0. The molecular formula is C19H18Cl2N2O3S. The van der Waals surface area contributed by atoms with Crippen molar-refractivity contribution in [2.75, 3.05) is 20.3 Å². The number of rotatable bonds is 6. The molecule has 0 aliphatic heterocycles. The first-order valence-electron chi connectivity index (χ1n) is 8.32. The van der Waals surface area contributed by atoms with E-state index in [0.29, 0.717) is 35.1 Å². The van der Waals surface area contributed by atoms with Crippen LogP contribution in [0.2, 0.25) is 10.0 Å². The lowest BCUT2D eigenvalue weighted by atomic mass is 10.2. The van der Waals surface area contributed by atoms with Gasteiger partial charge in [-0.25, -0.2) is 0 Å². The molecule has 0 aliphatic rings. The van der Waals surface area contributed by atoms with Crippen LogP contribution >= 0.6 is 34.5 Å². The van der Waals surface area contributed by atoms with Crippen LogP contribution in [0.4, 0.5) is 0 Å². The molecule has 2 aromatic carbocycles. The Morgan fingerprint density at radius 2 is 2.04 bits per heavy atom. The highest BCUT2D eigenvalue weighted by molar-refractivity contribution is 7.16. The van der Waals surface area contributed by atoms with E-state index in [1.54, 1.807) is 19.2 Å². The number of benzene rings is 2. The number of fused-ring (bicyclic) bond motifs is 1. The maximum atomic E-state index is 12.7. The SMILES string of the molecule is CCOc1ccc2c(c1)sc(=NC(=O)c1ccc(Cl)cc1Cl)n2CCOC. The van der Waals surface area contributed by atoms with E-state index in [-0.39, 0.29) is 5.02 Å². The molecule has 8 heteroatoms. The van der Waals surface area contributed by atoms with Gasteiger partial charge in [0.1, 0.15) is 5.75 Å². The van der Waals surface area contributed by atoms with Gasteiger partial charge in [0, 0.05) is 18.7 Å². The van der Waals surface area contributed by atoms with Crippen molar-refractivity contribution in [1.82, 2.24) is 4.57 Å². The van der Waals surface area contributed by atoms with E-state index < -0.39 is 5.91 Å². The van der Waals surface area contributed by atoms with Crippen molar-refractivity contribution in [3.63, 3.8) is 0 Å². The van der Waals surface area contributed by atoms with Crippen LogP contribution in [0.3, 0.4) is 0 Å². The molecule has 0 atom stereocenters. The van der Waals surface area contributed by atoms with E-state index in [0.717, 1.165) is 16.0 Å². The van der Waals surface area contributed by atoms with Gasteiger partial charge in [-0.1, -0.05) is 34.5 Å². The van der Waals surface area contributed by atoms with Crippen LogP contribution in [-0.2, 0) is 11.3 Å². The van der Waals surface area contributed by atoms with Gasteiger partial charge in [-0.15, -0.1) is 0 Å². The standard InChI is InChI=1S/C19H18Cl2N2O3S/c1-3-26-13-5-7-16-17(11-13)27-19(23(16)8-9-25-2)22-18(24)14-6-4-12(20)10-15(14)21/h4-7,10-11H,3,8-9H2,1-2H3. The fraction of sp³-hybridized carbons (Fsp3) is 0.263. The second-order valence-corrected chi connectivity index (χ2v) is 7.49. The summed E-state index contributed by atoms with van der Waals surface area (Å²) >= 11 is 13.5. The Morgan fingerprint density at radius 1 is 1.22 bits per heavy atom. The Kier molecular flexibility index (Phi) is 6.55. The van der Waals surface area contributed by atoms with Crippen LogP contribution in [-0.4, -0.2) is 30.8 Å². The van der Waals surface area contributed by atoms with Crippen molar-refractivity contribution < 1.29 is 14.3 Å². The van der Waals surface area contributed by atoms with E-state index in [9.17, 15) is 4.79 Å². The largest absolute Gasteiger partial charge is 0.494 e. The van der Waals surface area contributed by atoms with Crippen LogP contribution in [0, 0.1) is 0 Å². The van der Waals surface area contributed by atoms with Gasteiger partial charge in [0.05, 0.1) is 34.0 Å².